The highest BCUT2D eigenvalue weighted by Crippen LogP contribution is 2.24. The summed E-state index contributed by atoms with van der Waals surface area (Å²) in [6.07, 6.45) is 5.61. The molecule has 106 valence electrons. The monoisotopic (exact) mass is 302 g/mol. The number of rotatable bonds is 5. The van der Waals surface area contributed by atoms with Crippen LogP contribution in [0, 0.1) is 0 Å². The molecule has 5 heteroatoms. The minimum absolute atomic E-state index is 0.195. The van der Waals surface area contributed by atoms with Gasteiger partial charge in [0.2, 0.25) is 0 Å². The summed E-state index contributed by atoms with van der Waals surface area (Å²) < 4.78 is 5.75. The molecule has 1 heterocycles. The van der Waals surface area contributed by atoms with Crippen molar-refractivity contribution in [1.29, 1.82) is 0 Å². The maximum Gasteiger partial charge on any atom is 0.0595 e. The van der Waals surface area contributed by atoms with Crippen LogP contribution in [0.5, 0.6) is 0 Å². The summed E-state index contributed by atoms with van der Waals surface area (Å²) in [5, 5.41) is 1.17. The summed E-state index contributed by atoms with van der Waals surface area (Å²) in [5.74, 6) is 5.64. The molecule has 2 unspecified atom stereocenters. The van der Waals surface area contributed by atoms with Gasteiger partial charge in [0, 0.05) is 12.6 Å². The van der Waals surface area contributed by atoms with Crippen LogP contribution in [0.1, 0.15) is 31.2 Å². The standard InChI is InChI=1S/C14H20Cl2N2O/c15-13-5-4-10(8-14(13)16)7-11(18-17)9-12-3-1-2-6-19-12/h4-5,8,11-12,18H,1-3,6-7,9,17H2. The highest BCUT2D eigenvalue weighted by molar-refractivity contribution is 6.42. The van der Waals surface area contributed by atoms with E-state index in [1.165, 1.54) is 12.8 Å². The number of halogens is 2. The highest BCUT2D eigenvalue weighted by atomic mass is 35.5. The summed E-state index contributed by atoms with van der Waals surface area (Å²) in [5.41, 5.74) is 4.01. The first-order valence-electron chi connectivity index (χ1n) is 6.70. The van der Waals surface area contributed by atoms with Gasteiger partial charge in [0.05, 0.1) is 16.1 Å². The Morgan fingerprint density at radius 1 is 1.32 bits per heavy atom. The van der Waals surface area contributed by atoms with Crippen molar-refractivity contribution in [2.24, 2.45) is 5.84 Å². The van der Waals surface area contributed by atoms with Crippen molar-refractivity contribution in [3.8, 4) is 0 Å². The fraction of sp³-hybridized carbons (Fsp3) is 0.571. The van der Waals surface area contributed by atoms with E-state index in [0.717, 1.165) is 31.4 Å². The van der Waals surface area contributed by atoms with Gasteiger partial charge in [-0.1, -0.05) is 29.3 Å². The zero-order valence-electron chi connectivity index (χ0n) is 10.9. The van der Waals surface area contributed by atoms with Gasteiger partial charge in [-0.15, -0.1) is 0 Å². The van der Waals surface area contributed by atoms with Gasteiger partial charge in [-0.2, -0.15) is 0 Å². The molecule has 0 saturated carbocycles. The summed E-state index contributed by atoms with van der Waals surface area (Å²) in [4.78, 5) is 0. The Hall–Kier alpha value is -0.320. The molecule has 3 nitrogen and oxygen atoms in total. The van der Waals surface area contributed by atoms with E-state index in [0.29, 0.717) is 16.1 Å². The third kappa shape index (κ3) is 4.62. The van der Waals surface area contributed by atoms with Gasteiger partial charge in [0.25, 0.3) is 0 Å². The number of nitrogens with two attached hydrogens (primary N) is 1. The lowest BCUT2D eigenvalue weighted by molar-refractivity contribution is 0.00524. The van der Waals surface area contributed by atoms with Gasteiger partial charge in [-0.25, -0.2) is 0 Å². The van der Waals surface area contributed by atoms with Crippen LogP contribution in [0.4, 0.5) is 0 Å². The van der Waals surface area contributed by atoms with Gasteiger partial charge in [-0.05, 0) is 49.8 Å². The molecule has 3 N–H and O–H groups in total. The fourth-order valence-corrected chi connectivity index (χ4v) is 2.79. The first kappa shape index (κ1) is 15.1. The van der Waals surface area contributed by atoms with Gasteiger partial charge in [-0.3, -0.25) is 11.3 Å². The largest absolute Gasteiger partial charge is 0.378 e. The fourth-order valence-electron chi connectivity index (χ4n) is 2.47. The van der Waals surface area contributed by atoms with Gasteiger partial charge in [0.1, 0.15) is 0 Å². The predicted molar refractivity (Wildman–Crippen MR) is 79.5 cm³/mol. The number of nitrogens with one attached hydrogen (secondary N) is 1. The highest BCUT2D eigenvalue weighted by Gasteiger charge is 2.19. The average Bonchev–Trinajstić information content (AvgIpc) is 2.43. The van der Waals surface area contributed by atoms with Gasteiger partial charge >= 0.3 is 0 Å². The molecule has 0 radical (unpaired) electrons. The minimum atomic E-state index is 0.195. The summed E-state index contributed by atoms with van der Waals surface area (Å²) in [7, 11) is 0. The van der Waals surface area contributed by atoms with Crippen molar-refractivity contribution in [1.82, 2.24) is 5.43 Å². The molecule has 1 aromatic carbocycles. The second-order valence-corrected chi connectivity index (χ2v) is 5.85. The molecule has 0 aromatic heterocycles. The molecule has 0 spiro atoms. The lowest BCUT2D eigenvalue weighted by Crippen LogP contribution is -2.40. The smallest absolute Gasteiger partial charge is 0.0595 e. The van der Waals surface area contributed by atoms with E-state index >= 15 is 0 Å². The van der Waals surface area contributed by atoms with Crippen molar-refractivity contribution in [3.05, 3.63) is 33.8 Å². The minimum Gasteiger partial charge on any atom is -0.378 e. The first-order chi connectivity index (χ1) is 9.19. The molecule has 0 bridgehead atoms. The van der Waals surface area contributed by atoms with E-state index in [2.05, 4.69) is 5.43 Å². The molecule has 0 amide bonds. The van der Waals surface area contributed by atoms with Gasteiger partial charge < -0.3 is 4.74 Å². The lowest BCUT2D eigenvalue weighted by atomic mass is 9.97. The second-order valence-electron chi connectivity index (χ2n) is 5.04. The zero-order chi connectivity index (χ0) is 13.7. The van der Waals surface area contributed by atoms with Crippen molar-refractivity contribution >= 4 is 23.2 Å². The third-order valence-corrected chi connectivity index (χ3v) is 4.26. The number of hydrazine groups is 1. The number of benzene rings is 1. The molecule has 1 saturated heterocycles. The first-order valence-corrected chi connectivity index (χ1v) is 7.46. The van der Waals surface area contributed by atoms with Crippen LogP contribution in [0.15, 0.2) is 18.2 Å². The Bertz CT molecular complexity index is 408. The van der Waals surface area contributed by atoms with Crippen LogP contribution in [0.3, 0.4) is 0 Å². The van der Waals surface area contributed by atoms with Crippen LogP contribution in [0.25, 0.3) is 0 Å². The molecule has 19 heavy (non-hydrogen) atoms. The van der Waals surface area contributed by atoms with E-state index in [1.54, 1.807) is 0 Å². The van der Waals surface area contributed by atoms with Crippen LogP contribution in [-0.4, -0.2) is 18.8 Å². The molecule has 1 fully saturated rings. The van der Waals surface area contributed by atoms with Gasteiger partial charge in [0.15, 0.2) is 0 Å². The van der Waals surface area contributed by atoms with E-state index in [1.807, 2.05) is 18.2 Å². The van der Waals surface area contributed by atoms with Crippen LogP contribution < -0.4 is 11.3 Å². The van der Waals surface area contributed by atoms with E-state index < -0.39 is 0 Å². The maximum absolute atomic E-state index is 6.02. The van der Waals surface area contributed by atoms with E-state index in [4.69, 9.17) is 33.8 Å². The molecule has 1 aliphatic heterocycles. The summed E-state index contributed by atoms with van der Waals surface area (Å²) >= 11 is 11.9. The number of hydrogen-bond acceptors (Lipinski definition) is 3. The Labute approximate surface area is 124 Å². The number of hydrogen-bond donors (Lipinski definition) is 2. The normalized spacial score (nSPS) is 21.3. The molecule has 2 rings (SSSR count). The Kier molecular flexibility index (Phi) is 5.92. The van der Waals surface area contributed by atoms with Crippen molar-refractivity contribution < 1.29 is 4.74 Å². The van der Waals surface area contributed by atoms with Crippen molar-refractivity contribution in [3.63, 3.8) is 0 Å². The summed E-state index contributed by atoms with van der Waals surface area (Å²) in [6, 6.07) is 5.90. The maximum atomic E-state index is 6.02. The predicted octanol–water partition coefficient (Wildman–Crippen LogP) is 3.33. The Balaban J connectivity index is 1.92. The third-order valence-electron chi connectivity index (χ3n) is 3.52. The summed E-state index contributed by atoms with van der Waals surface area (Å²) in [6.45, 7) is 0.870. The SMILES string of the molecule is NNC(Cc1ccc(Cl)c(Cl)c1)CC1CCCCO1. The second kappa shape index (κ2) is 7.46. The molecule has 0 aliphatic carbocycles. The molecule has 2 atom stereocenters. The van der Waals surface area contributed by atoms with Crippen LogP contribution >= 0.6 is 23.2 Å². The quantitative estimate of drug-likeness (QED) is 0.648. The van der Waals surface area contributed by atoms with Crippen molar-refractivity contribution in [2.45, 2.75) is 44.2 Å². The molecule has 1 aromatic rings. The van der Waals surface area contributed by atoms with E-state index in [9.17, 15) is 0 Å². The zero-order valence-corrected chi connectivity index (χ0v) is 12.4. The van der Waals surface area contributed by atoms with E-state index in [-0.39, 0.29) is 6.04 Å². The number of ether oxygens (including phenoxy) is 1. The Morgan fingerprint density at radius 2 is 2.16 bits per heavy atom. The van der Waals surface area contributed by atoms with Crippen LogP contribution in [0.2, 0.25) is 10.0 Å². The van der Waals surface area contributed by atoms with Crippen molar-refractivity contribution in [2.75, 3.05) is 6.61 Å². The lowest BCUT2D eigenvalue weighted by Gasteiger charge is -2.26. The topological polar surface area (TPSA) is 47.3 Å². The Morgan fingerprint density at radius 3 is 2.79 bits per heavy atom. The molecule has 1 aliphatic rings. The molecular formula is C14H20Cl2N2O. The molecular weight excluding hydrogens is 283 g/mol. The van der Waals surface area contributed by atoms with Crippen LogP contribution in [-0.2, 0) is 11.2 Å². The average molecular weight is 303 g/mol.